The van der Waals surface area contributed by atoms with Crippen LogP contribution >= 0.6 is 0 Å². The molecule has 1 aromatic heterocycles. The molecule has 0 saturated carbocycles. The van der Waals surface area contributed by atoms with E-state index in [2.05, 4.69) is 10.1 Å². The molecule has 0 aliphatic heterocycles. The number of hydrogen-bond acceptors (Lipinski definition) is 5. The van der Waals surface area contributed by atoms with Crippen molar-refractivity contribution in [3.05, 3.63) is 41.6 Å². The summed E-state index contributed by atoms with van der Waals surface area (Å²) in [5.41, 5.74) is 2.00. The zero-order valence-corrected chi connectivity index (χ0v) is 12.1. The maximum Gasteiger partial charge on any atom is 0.253 e. The van der Waals surface area contributed by atoms with Gasteiger partial charge in [0, 0.05) is 12.0 Å². The summed E-state index contributed by atoms with van der Waals surface area (Å²) in [4.78, 5) is 4.36. The topological polar surface area (TPSA) is 57.4 Å². The van der Waals surface area contributed by atoms with E-state index in [1.54, 1.807) is 14.2 Å². The van der Waals surface area contributed by atoms with Crippen LogP contribution in [0.4, 0.5) is 0 Å². The molecule has 1 aromatic carbocycles. The Bertz CT molecular complexity index is 617. The molecule has 0 N–H and O–H groups in total. The van der Waals surface area contributed by atoms with E-state index in [9.17, 15) is 0 Å². The van der Waals surface area contributed by atoms with Crippen LogP contribution in [-0.4, -0.2) is 24.4 Å². The van der Waals surface area contributed by atoms with Crippen molar-refractivity contribution in [2.45, 2.75) is 20.3 Å². The number of nitrogens with zero attached hydrogens (tertiary/aromatic N) is 2. The van der Waals surface area contributed by atoms with E-state index >= 15 is 0 Å². The summed E-state index contributed by atoms with van der Waals surface area (Å²) in [6, 6.07) is 5.74. The van der Waals surface area contributed by atoms with Crippen LogP contribution in [0.1, 0.15) is 31.1 Å². The third kappa shape index (κ3) is 2.99. The van der Waals surface area contributed by atoms with Gasteiger partial charge in [-0.1, -0.05) is 17.3 Å². The van der Waals surface area contributed by atoms with Crippen LogP contribution in [0.5, 0.6) is 11.5 Å². The molecule has 0 fully saturated rings. The van der Waals surface area contributed by atoms with Gasteiger partial charge in [-0.3, -0.25) is 0 Å². The lowest BCUT2D eigenvalue weighted by Crippen LogP contribution is -1.95. The Morgan fingerprint density at radius 1 is 1.25 bits per heavy atom. The van der Waals surface area contributed by atoms with Gasteiger partial charge in [0.05, 0.1) is 14.2 Å². The lowest BCUT2D eigenvalue weighted by Gasteiger charge is -2.08. The highest BCUT2D eigenvalue weighted by atomic mass is 16.5. The highest BCUT2D eigenvalue weighted by Gasteiger charge is 2.10. The van der Waals surface area contributed by atoms with Crippen molar-refractivity contribution in [1.29, 1.82) is 0 Å². The number of ether oxygens (including phenoxy) is 2. The van der Waals surface area contributed by atoms with Gasteiger partial charge in [0.25, 0.3) is 5.89 Å². The zero-order chi connectivity index (χ0) is 14.5. The molecule has 2 rings (SSSR count). The van der Waals surface area contributed by atoms with Gasteiger partial charge in [0.2, 0.25) is 0 Å². The van der Waals surface area contributed by atoms with Gasteiger partial charge >= 0.3 is 0 Å². The van der Waals surface area contributed by atoms with E-state index < -0.39 is 0 Å². The third-order valence-corrected chi connectivity index (χ3v) is 3.05. The van der Waals surface area contributed by atoms with Crippen LogP contribution in [0.25, 0.3) is 5.57 Å². The van der Waals surface area contributed by atoms with Crippen molar-refractivity contribution >= 4 is 5.57 Å². The van der Waals surface area contributed by atoms with Gasteiger partial charge in [-0.05, 0) is 31.5 Å². The molecule has 0 radical (unpaired) electrons. The molecule has 0 bridgehead atoms. The number of rotatable bonds is 5. The van der Waals surface area contributed by atoms with Crippen molar-refractivity contribution in [3.8, 4) is 11.5 Å². The Hall–Kier alpha value is -2.30. The molecule has 0 unspecified atom stereocenters. The molecule has 0 atom stereocenters. The van der Waals surface area contributed by atoms with Crippen LogP contribution in [0.3, 0.4) is 0 Å². The highest BCUT2D eigenvalue weighted by Crippen LogP contribution is 2.28. The molecule has 0 aliphatic rings. The summed E-state index contributed by atoms with van der Waals surface area (Å²) in [5, 5.41) is 3.98. The fraction of sp³-hybridized carbons (Fsp3) is 0.333. The Balaban J connectivity index is 2.19. The first-order valence-corrected chi connectivity index (χ1v) is 6.34. The second-order valence-corrected chi connectivity index (χ2v) is 4.35. The van der Waals surface area contributed by atoms with Crippen LogP contribution < -0.4 is 9.47 Å². The third-order valence-electron chi connectivity index (χ3n) is 3.05. The largest absolute Gasteiger partial charge is 0.493 e. The molecule has 0 spiro atoms. The first kappa shape index (κ1) is 14.1. The minimum atomic E-state index is 0.558. The van der Waals surface area contributed by atoms with Crippen molar-refractivity contribution in [2.75, 3.05) is 14.2 Å². The van der Waals surface area contributed by atoms with Gasteiger partial charge in [-0.15, -0.1) is 0 Å². The average Bonchev–Trinajstić information content (AvgIpc) is 2.94. The highest BCUT2D eigenvalue weighted by molar-refractivity contribution is 5.55. The number of aromatic nitrogens is 2. The van der Waals surface area contributed by atoms with Crippen LogP contribution in [0.15, 0.2) is 28.8 Å². The van der Waals surface area contributed by atoms with Crippen molar-refractivity contribution in [3.63, 3.8) is 0 Å². The first-order valence-electron chi connectivity index (χ1n) is 6.34. The van der Waals surface area contributed by atoms with Crippen LogP contribution in [0.2, 0.25) is 0 Å². The van der Waals surface area contributed by atoms with E-state index in [1.807, 2.05) is 38.1 Å². The van der Waals surface area contributed by atoms with E-state index in [1.165, 1.54) is 0 Å². The first-order chi connectivity index (χ1) is 9.67. The zero-order valence-electron chi connectivity index (χ0n) is 12.1. The summed E-state index contributed by atoms with van der Waals surface area (Å²) in [6.07, 6.45) is 2.52. The molecule has 0 amide bonds. The standard InChI is InChI=1S/C15H18N2O3/c1-5-10(2)15-16-14(17-20-15)9-11-6-7-12(18-3)13(8-11)19-4/h5-8H,9H2,1-4H3/b10-5+. The fourth-order valence-corrected chi connectivity index (χ4v) is 1.78. The Morgan fingerprint density at radius 2 is 2.00 bits per heavy atom. The van der Waals surface area contributed by atoms with Crippen molar-refractivity contribution < 1.29 is 14.0 Å². The lowest BCUT2D eigenvalue weighted by atomic mass is 10.1. The van der Waals surface area contributed by atoms with Gasteiger partial charge in [0.1, 0.15) is 0 Å². The van der Waals surface area contributed by atoms with Crippen molar-refractivity contribution in [1.82, 2.24) is 10.1 Å². The number of hydrogen-bond donors (Lipinski definition) is 0. The second kappa shape index (κ2) is 6.23. The Kier molecular flexibility index (Phi) is 4.40. The molecule has 2 aromatic rings. The van der Waals surface area contributed by atoms with Crippen LogP contribution in [0, 0.1) is 0 Å². The Labute approximate surface area is 118 Å². The van der Waals surface area contributed by atoms with Crippen molar-refractivity contribution in [2.24, 2.45) is 0 Å². The van der Waals surface area contributed by atoms with Gasteiger partial charge in [-0.2, -0.15) is 4.98 Å². The van der Waals surface area contributed by atoms with Gasteiger partial charge in [-0.25, -0.2) is 0 Å². The number of allylic oxidation sites excluding steroid dienone is 2. The van der Waals surface area contributed by atoms with Crippen LogP contribution in [-0.2, 0) is 6.42 Å². The quantitative estimate of drug-likeness (QED) is 0.838. The molecule has 0 saturated heterocycles. The monoisotopic (exact) mass is 274 g/mol. The van der Waals surface area contributed by atoms with Gasteiger partial charge < -0.3 is 14.0 Å². The number of benzene rings is 1. The Morgan fingerprint density at radius 3 is 2.65 bits per heavy atom. The molecular weight excluding hydrogens is 256 g/mol. The summed E-state index contributed by atoms with van der Waals surface area (Å²) in [6.45, 7) is 3.88. The molecule has 5 nitrogen and oxygen atoms in total. The molecule has 0 aliphatic carbocycles. The minimum Gasteiger partial charge on any atom is -0.493 e. The predicted octanol–water partition coefficient (Wildman–Crippen LogP) is 3.10. The minimum absolute atomic E-state index is 0.558. The smallest absolute Gasteiger partial charge is 0.253 e. The van der Waals surface area contributed by atoms with E-state index in [-0.39, 0.29) is 0 Å². The van der Waals surface area contributed by atoms with E-state index in [4.69, 9.17) is 14.0 Å². The lowest BCUT2D eigenvalue weighted by molar-refractivity contribution is 0.354. The molecule has 106 valence electrons. The summed E-state index contributed by atoms with van der Waals surface area (Å²) < 4.78 is 15.7. The average molecular weight is 274 g/mol. The van der Waals surface area contributed by atoms with Gasteiger partial charge in [0.15, 0.2) is 17.3 Å². The SMILES string of the molecule is C/C=C(\C)c1nc(Cc2ccc(OC)c(OC)c2)no1. The normalized spacial score (nSPS) is 11.5. The summed E-state index contributed by atoms with van der Waals surface area (Å²) in [7, 11) is 3.23. The van der Waals surface area contributed by atoms with E-state index in [0.717, 1.165) is 11.1 Å². The molecule has 5 heteroatoms. The summed E-state index contributed by atoms with van der Waals surface area (Å²) in [5.74, 6) is 2.60. The number of methoxy groups -OCH3 is 2. The fourth-order valence-electron chi connectivity index (χ4n) is 1.78. The summed E-state index contributed by atoms with van der Waals surface area (Å²) >= 11 is 0. The maximum absolute atomic E-state index is 5.28. The predicted molar refractivity (Wildman–Crippen MR) is 76.0 cm³/mol. The molecule has 1 heterocycles. The molecule has 20 heavy (non-hydrogen) atoms. The maximum atomic E-state index is 5.28. The second-order valence-electron chi connectivity index (χ2n) is 4.35. The molecular formula is C15H18N2O3. The van der Waals surface area contributed by atoms with E-state index in [0.29, 0.717) is 29.6 Å².